The second-order valence-electron chi connectivity index (χ2n) is 4.70. The van der Waals surface area contributed by atoms with Gasteiger partial charge in [-0.2, -0.15) is 4.98 Å². The van der Waals surface area contributed by atoms with Crippen molar-refractivity contribution < 1.29 is 13.7 Å². The van der Waals surface area contributed by atoms with Crippen LogP contribution >= 0.6 is 0 Å². The molecule has 0 bridgehead atoms. The fraction of sp³-hybridized carbons (Fsp3) is 0.0667. The predicted octanol–water partition coefficient (Wildman–Crippen LogP) is 1.19. The van der Waals surface area contributed by atoms with E-state index in [-0.39, 0.29) is 29.5 Å². The van der Waals surface area contributed by atoms with Crippen molar-refractivity contribution in [1.29, 1.82) is 0 Å². The Kier molecular flexibility index (Phi) is 3.71. The summed E-state index contributed by atoms with van der Waals surface area (Å²) >= 11 is 0. The lowest BCUT2D eigenvalue weighted by molar-refractivity contribution is -0.118. The van der Waals surface area contributed by atoms with Crippen LogP contribution in [0.15, 0.2) is 51.8 Å². The van der Waals surface area contributed by atoms with E-state index in [0.29, 0.717) is 0 Å². The van der Waals surface area contributed by atoms with E-state index >= 15 is 0 Å². The summed E-state index contributed by atoms with van der Waals surface area (Å²) in [7, 11) is 0. The number of benzene rings is 1. The molecule has 116 valence electrons. The second kappa shape index (κ2) is 5.84. The average Bonchev–Trinajstić information content (AvgIpc) is 2.99. The number of carbonyl (C=O) groups is 1. The predicted molar refractivity (Wildman–Crippen MR) is 78.6 cm³/mol. The van der Waals surface area contributed by atoms with Gasteiger partial charge in [-0.1, -0.05) is 23.4 Å². The van der Waals surface area contributed by atoms with Gasteiger partial charge >= 0.3 is 0 Å². The highest BCUT2D eigenvalue weighted by Crippen LogP contribution is 2.23. The van der Waals surface area contributed by atoms with Gasteiger partial charge in [0.2, 0.25) is 11.7 Å². The summed E-state index contributed by atoms with van der Waals surface area (Å²) in [5.74, 6) is -1.15. The van der Waals surface area contributed by atoms with E-state index < -0.39 is 17.3 Å². The molecule has 23 heavy (non-hydrogen) atoms. The Hall–Kier alpha value is -3.29. The van der Waals surface area contributed by atoms with Crippen molar-refractivity contribution in [2.75, 3.05) is 0 Å². The van der Waals surface area contributed by atoms with Gasteiger partial charge < -0.3 is 10.3 Å². The molecule has 0 radical (unpaired) electrons. The standard InChI is InChI=1S/C15H11FN4O3/c16-10-5-2-1-4-9(10)14-18-15(23-19-14)11-6-3-7-13(22)20(11)8-12(17)21/h1-7H,8H2,(H2,17,21). The monoisotopic (exact) mass is 314 g/mol. The van der Waals surface area contributed by atoms with Gasteiger partial charge in [-0.05, 0) is 18.2 Å². The smallest absolute Gasteiger partial charge is 0.274 e. The van der Waals surface area contributed by atoms with E-state index in [4.69, 9.17) is 10.3 Å². The molecule has 7 nitrogen and oxygen atoms in total. The Morgan fingerprint density at radius 1 is 1.22 bits per heavy atom. The van der Waals surface area contributed by atoms with Crippen LogP contribution in [-0.2, 0) is 11.3 Å². The SMILES string of the molecule is NC(=O)Cn1c(-c2nc(-c3ccccc3F)no2)cccc1=O. The maximum Gasteiger partial charge on any atom is 0.274 e. The lowest BCUT2D eigenvalue weighted by Crippen LogP contribution is -2.28. The lowest BCUT2D eigenvalue weighted by Gasteiger charge is -2.06. The molecule has 3 rings (SSSR count). The molecule has 0 atom stereocenters. The maximum atomic E-state index is 13.8. The first-order chi connectivity index (χ1) is 11.1. The number of primary amides is 1. The number of hydrogen-bond donors (Lipinski definition) is 1. The molecule has 0 saturated carbocycles. The normalized spacial score (nSPS) is 10.7. The van der Waals surface area contributed by atoms with Crippen LogP contribution in [0.3, 0.4) is 0 Å². The first-order valence-corrected chi connectivity index (χ1v) is 6.63. The zero-order chi connectivity index (χ0) is 16.4. The van der Waals surface area contributed by atoms with Gasteiger partial charge in [-0.3, -0.25) is 14.2 Å². The zero-order valence-corrected chi connectivity index (χ0v) is 11.8. The van der Waals surface area contributed by atoms with Crippen molar-refractivity contribution in [3.8, 4) is 23.0 Å². The quantitative estimate of drug-likeness (QED) is 0.779. The highest BCUT2D eigenvalue weighted by Gasteiger charge is 2.17. The minimum atomic E-state index is -0.687. The molecule has 0 aliphatic rings. The summed E-state index contributed by atoms with van der Waals surface area (Å²) in [6, 6.07) is 10.3. The van der Waals surface area contributed by atoms with Gasteiger partial charge in [-0.25, -0.2) is 4.39 Å². The van der Waals surface area contributed by atoms with E-state index in [9.17, 15) is 14.0 Å². The van der Waals surface area contributed by atoms with Crippen molar-refractivity contribution in [1.82, 2.24) is 14.7 Å². The van der Waals surface area contributed by atoms with Crippen LogP contribution in [0, 0.1) is 5.82 Å². The van der Waals surface area contributed by atoms with Gasteiger partial charge in [-0.15, -0.1) is 0 Å². The number of amides is 1. The summed E-state index contributed by atoms with van der Waals surface area (Å²) < 4.78 is 20.0. The van der Waals surface area contributed by atoms with Crippen molar-refractivity contribution >= 4 is 5.91 Å². The number of hydrogen-bond acceptors (Lipinski definition) is 5. The minimum Gasteiger partial charge on any atom is -0.368 e. The summed E-state index contributed by atoms with van der Waals surface area (Å²) in [6.07, 6.45) is 0. The Balaban J connectivity index is 2.08. The van der Waals surface area contributed by atoms with E-state index in [1.807, 2.05) is 0 Å². The first-order valence-electron chi connectivity index (χ1n) is 6.63. The molecule has 0 unspecified atom stereocenters. The molecule has 0 saturated heterocycles. The summed E-state index contributed by atoms with van der Waals surface area (Å²) in [6.45, 7) is -0.327. The van der Waals surface area contributed by atoms with Crippen molar-refractivity contribution in [2.24, 2.45) is 5.73 Å². The number of carbonyl (C=O) groups excluding carboxylic acids is 1. The zero-order valence-electron chi connectivity index (χ0n) is 11.8. The van der Waals surface area contributed by atoms with Crippen LogP contribution in [-0.4, -0.2) is 20.6 Å². The van der Waals surface area contributed by atoms with Crippen molar-refractivity contribution in [2.45, 2.75) is 6.54 Å². The van der Waals surface area contributed by atoms with Crippen molar-refractivity contribution in [3.05, 3.63) is 58.6 Å². The molecule has 0 fully saturated rings. The molecule has 2 heterocycles. The molecule has 1 amide bonds. The third-order valence-corrected chi connectivity index (χ3v) is 3.12. The Labute approximate surface area is 129 Å². The summed E-state index contributed by atoms with van der Waals surface area (Å²) in [5, 5.41) is 3.72. The molecule has 0 aliphatic heterocycles. The Morgan fingerprint density at radius 3 is 2.74 bits per heavy atom. The van der Waals surface area contributed by atoms with Crippen LogP contribution < -0.4 is 11.3 Å². The number of pyridine rings is 1. The number of nitrogens with two attached hydrogens (primary N) is 1. The van der Waals surface area contributed by atoms with Crippen molar-refractivity contribution in [3.63, 3.8) is 0 Å². The molecule has 2 aromatic heterocycles. The average molecular weight is 314 g/mol. The summed E-state index contributed by atoms with van der Waals surface area (Å²) in [4.78, 5) is 27.1. The van der Waals surface area contributed by atoms with Gasteiger partial charge in [0.05, 0.1) is 5.56 Å². The van der Waals surface area contributed by atoms with E-state index in [0.717, 1.165) is 4.57 Å². The van der Waals surface area contributed by atoms with Crippen LogP contribution in [0.1, 0.15) is 0 Å². The number of nitrogens with zero attached hydrogens (tertiary/aromatic N) is 3. The highest BCUT2D eigenvalue weighted by atomic mass is 19.1. The second-order valence-corrected chi connectivity index (χ2v) is 4.70. The molecule has 8 heteroatoms. The highest BCUT2D eigenvalue weighted by molar-refractivity contribution is 5.74. The third kappa shape index (κ3) is 2.86. The topological polar surface area (TPSA) is 104 Å². The Bertz CT molecular complexity index is 932. The van der Waals surface area contributed by atoms with E-state index in [1.54, 1.807) is 12.1 Å². The minimum absolute atomic E-state index is 0.0118. The fourth-order valence-electron chi connectivity index (χ4n) is 2.11. The van der Waals surface area contributed by atoms with Crippen LogP contribution in [0.2, 0.25) is 0 Å². The Morgan fingerprint density at radius 2 is 2.00 bits per heavy atom. The third-order valence-electron chi connectivity index (χ3n) is 3.12. The molecule has 2 N–H and O–H groups in total. The fourth-order valence-corrected chi connectivity index (χ4v) is 2.11. The first kappa shape index (κ1) is 14.6. The number of aromatic nitrogens is 3. The van der Waals surface area contributed by atoms with Gasteiger partial charge in [0.15, 0.2) is 0 Å². The molecular weight excluding hydrogens is 303 g/mol. The molecule has 1 aromatic carbocycles. The largest absolute Gasteiger partial charge is 0.368 e. The van der Waals surface area contributed by atoms with Crippen LogP contribution in [0.5, 0.6) is 0 Å². The lowest BCUT2D eigenvalue weighted by atomic mass is 10.2. The van der Waals surface area contributed by atoms with Gasteiger partial charge in [0.1, 0.15) is 18.1 Å². The molecular formula is C15H11FN4O3. The van der Waals surface area contributed by atoms with Gasteiger partial charge in [0, 0.05) is 6.07 Å². The van der Waals surface area contributed by atoms with E-state index in [1.165, 1.54) is 30.3 Å². The van der Waals surface area contributed by atoms with E-state index in [2.05, 4.69) is 10.1 Å². The molecule has 0 aliphatic carbocycles. The molecule has 0 spiro atoms. The summed E-state index contributed by atoms with van der Waals surface area (Å²) in [5.41, 5.74) is 5.10. The van der Waals surface area contributed by atoms with Gasteiger partial charge in [0.25, 0.3) is 11.4 Å². The van der Waals surface area contributed by atoms with Crippen LogP contribution in [0.4, 0.5) is 4.39 Å². The maximum absolute atomic E-state index is 13.8. The van der Waals surface area contributed by atoms with Crippen LogP contribution in [0.25, 0.3) is 23.0 Å². The number of rotatable bonds is 4. The molecule has 3 aromatic rings. The number of halogens is 1.